The van der Waals surface area contributed by atoms with Crippen molar-refractivity contribution >= 4 is 21.8 Å². The van der Waals surface area contributed by atoms with Gasteiger partial charge in [0.2, 0.25) is 5.43 Å². The molecule has 0 fully saturated rings. The summed E-state index contributed by atoms with van der Waals surface area (Å²) < 4.78 is 65.1. The number of nitrogens with one attached hydrogen (secondary N) is 1. The molecule has 0 amide bonds. The molecule has 0 radical (unpaired) electrons. The third-order valence-electron chi connectivity index (χ3n) is 4.31. The summed E-state index contributed by atoms with van der Waals surface area (Å²) in [6, 6.07) is 11.8. The van der Waals surface area contributed by atoms with Crippen LogP contribution in [0.2, 0.25) is 0 Å². The summed E-state index contributed by atoms with van der Waals surface area (Å²) in [5, 5.41) is 0.471. The van der Waals surface area contributed by atoms with Crippen molar-refractivity contribution in [1.29, 1.82) is 0 Å². The van der Waals surface area contributed by atoms with Crippen molar-refractivity contribution in [3.8, 4) is 23.0 Å². The Labute approximate surface area is 166 Å². The van der Waals surface area contributed by atoms with Gasteiger partial charge in [0.15, 0.2) is 0 Å². The molecule has 0 bridgehead atoms. The molecule has 0 saturated heterocycles. The molecule has 1 aromatic heterocycles. The van der Waals surface area contributed by atoms with Gasteiger partial charge in [-0.1, -0.05) is 0 Å². The number of alkyl halides is 3. The second kappa shape index (κ2) is 7.25. The zero-order chi connectivity index (χ0) is 21.5. The topological polar surface area (TPSA) is 60.6 Å². The molecule has 0 spiro atoms. The molecule has 1 heterocycles. The lowest BCUT2D eigenvalue weighted by Crippen LogP contribution is -2.16. The van der Waals surface area contributed by atoms with Crippen LogP contribution in [-0.4, -0.2) is 18.5 Å². The van der Waals surface area contributed by atoms with Gasteiger partial charge in [0.25, 0.3) is 0 Å². The predicted octanol–water partition coefficient (Wildman–Crippen LogP) is 5.52. The molecule has 4 aromatic rings. The highest BCUT2D eigenvalue weighted by Crippen LogP contribution is 2.30. The molecule has 5 nitrogen and oxygen atoms in total. The lowest BCUT2D eigenvalue weighted by atomic mass is 10.1. The summed E-state index contributed by atoms with van der Waals surface area (Å²) in [5.41, 5.74) is 0.370. The number of pyridine rings is 1. The van der Waals surface area contributed by atoms with Gasteiger partial charge in [-0.3, -0.25) is 4.79 Å². The summed E-state index contributed by atoms with van der Waals surface area (Å²) in [5.74, 6) is -0.291. The van der Waals surface area contributed by atoms with Crippen LogP contribution in [0.3, 0.4) is 0 Å². The maximum Gasteiger partial charge on any atom is 0.573 e. The van der Waals surface area contributed by atoms with E-state index in [1.54, 1.807) is 12.1 Å². The van der Waals surface area contributed by atoms with Gasteiger partial charge in [-0.2, -0.15) is 0 Å². The molecule has 0 unspecified atom stereocenters. The number of aromatic amines is 1. The highest BCUT2D eigenvalue weighted by molar-refractivity contribution is 5.96. The van der Waals surface area contributed by atoms with Crippen molar-refractivity contribution < 1.29 is 31.8 Å². The molecule has 0 saturated carbocycles. The van der Waals surface area contributed by atoms with Crippen LogP contribution in [0.4, 0.5) is 17.6 Å². The van der Waals surface area contributed by atoms with Gasteiger partial charge >= 0.3 is 6.36 Å². The van der Waals surface area contributed by atoms with Gasteiger partial charge in [-0.25, -0.2) is 4.39 Å². The Hall–Kier alpha value is -3.75. The van der Waals surface area contributed by atoms with E-state index in [9.17, 15) is 22.4 Å². The van der Waals surface area contributed by atoms with Gasteiger partial charge in [-0.15, -0.1) is 13.2 Å². The van der Waals surface area contributed by atoms with Crippen molar-refractivity contribution in [2.24, 2.45) is 0 Å². The van der Waals surface area contributed by atoms with E-state index in [1.807, 2.05) is 0 Å². The first-order chi connectivity index (χ1) is 14.2. The first-order valence-electron chi connectivity index (χ1n) is 8.60. The Morgan fingerprint density at radius 2 is 1.53 bits per heavy atom. The highest BCUT2D eigenvalue weighted by atomic mass is 19.4. The Kier molecular flexibility index (Phi) is 4.73. The summed E-state index contributed by atoms with van der Waals surface area (Å²) in [4.78, 5) is 15.9. The summed E-state index contributed by atoms with van der Waals surface area (Å²) in [6.07, 6.45) is -4.78. The molecule has 3 aromatic carbocycles. The molecule has 1 N–H and O–H groups in total. The number of rotatable bonds is 4. The normalized spacial score (nSPS) is 11.6. The number of fused-ring (bicyclic) bond motifs is 2. The average molecular weight is 419 g/mol. The molecule has 0 atom stereocenters. The second-order valence-corrected chi connectivity index (χ2v) is 6.31. The minimum atomic E-state index is -4.78. The maximum atomic E-state index is 13.7. The first-order valence-corrected chi connectivity index (χ1v) is 8.60. The highest BCUT2D eigenvalue weighted by Gasteiger charge is 2.31. The number of aromatic nitrogens is 1. The molecule has 0 aliphatic rings. The van der Waals surface area contributed by atoms with E-state index in [4.69, 9.17) is 9.47 Å². The van der Waals surface area contributed by atoms with Crippen LogP contribution in [-0.2, 0) is 0 Å². The number of ether oxygens (including phenoxy) is 3. The summed E-state index contributed by atoms with van der Waals surface area (Å²) >= 11 is 0. The van der Waals surface area contributed by atoms with Gasteiger partial charge in [-0.05, 0) is 48.5 Å². The lowest BCUT2D eigenvalue weighted by molar-refractivity contribution is -0.274. The van der Waals surface area contributed by atoms with E-state index >= 15 is 0 Å². The van der Waals surface area contributed by atoms with E-state index in [0.29, 0.717) is 11.0 Å². The van der Waals surface area contributed by atoms with E-state index in [-0.39, 0.29) is 39.2 Å². The second-order valence-electron chi connectivity index (χ2n) is 6.31. The van der Waals surface area contributed by atoms with E-state index < -0.39 is 12.2 Å². The molecule has 0 aliphatic carbocycles. The number of halogens is 4. The number of methoxy groups -OCH3 is 1. The standard InChI is InChI=1S/C21H13F4NO4/c1-28-18-9-11(22)8-17-19(18)20(27)15-10-14(6-7-16(15)26-17)29-12-2-4-13(5-3-12)30-21(23,24)25/h2-10H,1H3,(H,26,27). The fourth-order valence-electron chi connectivity index (χ4n) is 3.08. The van der Waals surface area contributed by atoms with Crippen molar-refractivity contribution in [1.82, 2.24) is 4.98 Å². The molecule has 30 heavy (non-hydrogen) atoms. The van der Waals surface area contributed by atoms with Crippen molar-refractivity contribution in [2.75, 3.05) is 7.11 Å². The monoisotopic (exact) mass is 419 g/mol. The fraction of sp³-hybridized carbons (Fsp3) is 0.0952. The summed E-state index contributed by atoms with van der Waals surface area (Å²) in [6.45, 7) is 0. The van der Waals surface area contributed by atoms with Crippen LogP contribution in [0, 0.1) is 5.82 Å². The van der Waals surface area contributed by atoms with Gasteiger partial charge in [0.1, 0.15) is 28.8 Å². The van der Waals surface area contributed by atoms with Gasteiger partial charge in [0.05, 0.1) is 23.5 Å². The quantitative estimate of drug-likeness (QED) is 0.350. The minimum absolute atomic E-state index is 0.0970. The number of hydrogen-bond acceptors (Lipinski definition) is 4. The molecule has 0 aliphatic heterocycles. The maximum absolute atomic E-state index is 13.7. The van der Waals surface area contributed by atoms with Crippen molar-refractivity contribution in [2.45, 2.75) is 6.36 Å². The zero-order valence-electron chi connectivity index (χ0n) is 15.3. The van der Waals surface area contributed by atoms with Crippen LogP contribution in [0.1, 0.15) is 0 Å². The van der Waals surface area contributed by atoms with Gasteiger partial charge in [0, 0.05) is 11.5 Å². The minimum Gasteiger partial charge on any atom is -0.496 e. The zero-order valence-corrected chi connectivity index (χ0v) is 15.3. The number of H-pyrrole nitrogens is 1. The van der Waals surface area contributed by atoms with Crippen LogP contribution in [0.25, 0.3) is 21.8 Å². The molecule has 4 rings (SSSR count). The fourth-order valence-corrected chi connectivity index (χ4v) is 3.08. The predicted molar refractivity (Wildman–Crippen MR) is 102 cm³/mol. The largest absolute Gasteiger partial charge is 0.573 e. The average Bonchev–Trinajstić information content (AvgIpc) is 2.68. The SMILES string of the molecule is COc1cc(F)cc2[nH]c3ccc(Oc4ccc(OC(F)(F)F)cc4)cc3c(=O)c12. The van der Waals surface area contributed by atoms with Crippen LogP contribution >= 0.6 is 0 Å². The number of hydrogen-bond donors (Lipinski definition) is 1. The van der Waals surface area contributed by atoms with Crippen molar-refractivity contribution in [3.05, 3.63) is 70.6 Å². The Morgan fingerprint density at radius 3 is 2.20 bits per heavy atom. The van der Waals surface area contributed by atoms with E-state index in [1.165, 1.54) is 31.4 Å². The Balaban J connectivity index is 1.71. The molecule has 9 heteroatoms. The smallest absolute Gasteiger partial charge is 0.496 e. The van der Waals surface area contributed by atoms with Crippen LogP contribution < -0.4 is 19.6 Å². The van der Waals surface area contributed by atoms with Crippen LogP contribution in [0.15, 0.2) is 59.4 Å². The molecular formula is C21H13F4NO4. The summed E-state index contributed by atoms with van der Waals surface area (Å²) in [7, 11) is 1.34. The van der Waals surface area contributed by atoms with Crippen LogP contribution in [0.5, 0.6) is 23.0 Å². The van der Waals surface area contributed by atoms with Crippen molar-refractivity contribution in [3.63, 3.8) is 0 Å². The van der Waals surface area contributed by atoms with E-state index in [0.717, 1.165) is 18.2 Å². The first kappa shape index (κ1) is 19.6. The third-order valence-corrected chi connectivity index (χ3v) is 4.31. The Morgan fingerprint density at radius 1 is 0.867 bits per heavy atom. The van der Waals surface area contributed by atoms with Gasteiger partial charge < -0.3 is 19.2 Å². The van der Waals surface area contributed by atoms with E-state index in [2.05, 4.69) is 9.72 Å². The lowest BCUT2D eigenvalue weighted by Gasteiger charge is -2.11. The molecular weight excluding hydrogens is 406 g/mol. The number of benzene rings is 3. The third kappa shape index (κ3) is 3.86. The Bertz CT molecular complexity index is 1300. The molecule has 154 valence electrons.